The van der Waals surface area contributed by atoms with Crippen LogP contribution in [0.3, 0.4) is 0 Å². The lowest BCUT2D eigenvalue weighted by Gasteiger charge is -2.35. The number of phenols is 1. The summed E-state index contributed by atoms with van der Waals surface area (Å²) in [6.07, 6.45) is 11.1. The summed E-state index contributed by atoms with van der Waals surface area (Å²) in [5.74, 6) is 1.24. The fourth-order valence-electron chi connectivity index (χ4n) is 3.00. The lowest BCUT2D eigenvalue weighted by molar-refractivity contribution is 0.112. The minimum Gasteiger partial charge on any atom is -0.508 e. The Morgan fingerprint density at radius 3 is 2.58 bits per heavy atom. The smallest absolute Gasteiger partial charge is 0.131 e. The summed E-state index contributed by atoms with van der Waals surface area (Å²) in [5.41, 5.74) is 5.44. The molecule has 0 fully saturated rings. The number of allylic oxidation sites excluding steroid dienone is 5. The number of hydrogen-bond donors (Lipinski definition) is 1. The van der Waals surface area contributed by atoms with Crippen LogP contribution in [0.25, 0.3) is 0 Å². The number of ether oxygens (including phenoxy) is 1. The molecule has 2 heteroatoms. The van der Waals surface area contributed by atoms with Crippen molar-refractivity contribution in [1.29, 1.82) is 0 Å². The molecule has 1 aliphatic heterocycles. The Balaban J connectivity index is 2.42. The molecule has 1 aromatic rings. The van der Waals surface area contributed by atoms with E-state index in [0.29, 0.717) is 5.75 Å². The van der Waals surface area contributed by atoms with Crippen molar-refractivity contribution < 1.29 is 9.84 Å². The Bertz CT molecular complexity index is 699. The second-order valence-electron chi connectivity index (χ2n) is 7.50. The highest BCUT2D eigenvalue weighted by Crippen LogP contribution is 2.43. The maximum Gasteiger partial charge on any atom is 0.131 e. The van der Waals surface area contributed by atoms with Crippen LogP contribution in [-0.2, 0) is 12.8 Å². The molecule has 1 aliphatic rings. The highest BCUT2D eigenvalue weighted by atomic mass is 16.5. The lowest BCUT2D eigenvalue weighted by atomic mass is 9.88. The Morgan fingerprint density at radius 2 is 1.96 bits per heavy atom. The second-order valence-corrected chi connectivity index (χ2v) is 7.50. The van der Waals surface area contributed by atoms with Gasteiger partial charge in [-0.3, -0.25) is 0 Å². The van der Waals surface area contributed by atoms with Gasteiger partial charge in [0.05, 0.1) is 0 Å². The van der Waals surface area contributed by atoms with Gasteiger partial charge in [0.25, 0.3) is 0 Å². The quantitative estimate of drug-likeness (QED) is 0.558. The predicted molar refractivity (Wildman–Crippen MR) is 102 cm³/mol. The first kappa shape index (κ1) is 18.4. The first-order valence-corrected chi connectivity index (χ1v) is 8.71. The van der Waals surface area contributed by atoms with Gasteiger partial charge in [0.15, 0.2) is 0 Å². The number of benzene rings is 1. The van der Waals surface area contributed by atoms with Crippen molar-refractivity contribution in [3.05, 3.63) is 58.2 Å². The van der Waals surface area contributed by atoms with Crippen LogP contribution in [-0.4, -0.2) is 10.7 Å². The van der Waals surface area contributed by atoms with E-state index in [-0.39, 0.29) is 5.60 Å². The van der Waals surface area contributed by atoms with Crippen LogP contribution in [0.15, 0.2) is 41.5 Å². The van der Waals surface area contributed by atoms with E-state index >= 15 is 0 Å². The molecule has 0 aliphatic carbocycles. The van der Waals surface area contributed by atoms with Crippen molar-refractivity contribution in [2.75, 3.05) is 0 Å². The van der Waals surface area contributed by atoms with Gasteiger partial charge in [0.2, 0.25) is 0 Å². The Labute approximate surface area is 146 Å². The number of rotatable bonds is 4. The molecule has 0 aromatic heterocycles. The lowest BCUT2D eigenvalue weighted by Crippen LogP contribution is -2.34. The van der Waals surface area contributed by atoms with E-state index in [4.69, 9.17) is 4.74 Å². The van der Waals surface area contributed by atoms with Crippen LogP contribution in [0.1, 0.15) is 57.7 Å². The summed E-state index contributed by atoms with van der Waals surface area (Å²) in [6, 6.07) is 1.87. The number of aryl methyl sites for hydroxylation is 1. The van der Waals surface area contributed by atoms with E-state index in [2.05, 4.69) is 58.9 Å². The molecule has 1 unspecified atom stereocenters. The zero-order valence-corrected chi connectivity index (χ0v) is 15.9. The molecular weight excluding hydrogens is 296 g/mol. The van der Waals surface area contributed by atoms with Gasteiger partial charge < -0.3 is 9.84 Å². The molecule has 1 atom stereocenters. The van der Waals surface area contributed by atoms with Gasteiger partial charge >= 0.3 is 0 Å². The zero-order chi connectivity index (χ0) is 17.9. The molecule has 0 spiro atoms. The largest absolute Gasteiger partial charge is 0.508 e. The van der Waals surface area contributed by atoms with Gasteiger partial charge in [-0.25, -0.2) is 0 Å². The molecular formula is C22H30O2. The molecule has 0 bridgehead atoms. The number of phenolic OH excluding ortho intramolecular Hbond substituents is 1. The Kier molecular flexibility index (Phi) is 5.58. The molecule has 0 amide bonds. The maximum absolute atomic E-state index is 10.3. The maximum atomic E-state index is 10.3. The standard InChI is InChI=1S/C22H30O2/c1-15(2)8-7-12-22(6)13-11-19-20(23)14-17(5)18(21(19)24-22)10-9-16(3)4/h7-9,12,14,23H,10-11,13H2,1-6H3/b12-7+. The van der Waals surface area contributed by atoms with Crippen molar-refractivity contribution in [3.8, 4) is 11.5 Å². The van der Waals surface area contributed by atoms with Crippen molar-refractivity contribution in [3.63, 3.8) is 0 Å². The van der Waals surface area contributed by atoms with E-state index < -0.39 is 0 Å². The molecule has 0 saturated heterocycles. The van der Waals surface area contributed by atoms with Gasteiger partial charge in [-0.1, -0.05) is 29.4 Å². The summed E-state index contributed by atoms with van der Waals surface area (Å²) < 4.78 is 6.42. The predicted octanol–water partition coefficient (Wildman–Crippen LogP) is 5.82. The van der Waals surface area contributed by atoms with Crippen LogP contribution in [0.4, 0.5) is 0 Å². The first-order chi connectivity index (χ1) is 11.2. The monoisotopic (exact) mass is 326 g/mol. The Hall–Kier alpha value is -1.96. The van der Waals surface area contributed by atoms with Gasteiger partial charge in [-0.15, -0.1) is 0 Å². The van der Waals surface area contributed by atoms with Crippen molar-refractivity contribution in [2.45, 2.75) is 66.4 Å². The molecule has 1 N–H and O–H groups in total. The van der Waals surface area contributed by atoms with Crippen LogP contribution in [0, 0.1) is 6.92 Å². The normalized spacial score (nSPS) is 19.6. The average Bonchev–Trinajstić information content (AvgIpc) is 2.45. The van der Waals surface area contributed by atoms with Crippen LogP contribution in [0.5, 0.6) is 11.5 Å². The number of aromatic hydroxyl groups is 1. The Morgan fingerprint density at radius 1 is 1.25 bits per heavy atom. The topological polar surface area (TPSA) is 29.5 Å². The zero-order valence-electron chi connectivity index (χ0n) is 15.9. The van der Waals surface area contributed by atoms with Crippen LogP contribution < -0.4 is 4.74 Å². The van der Waals surface area contributed by atoms with E-state index in [1.54, 1.807) is 0 Å². The average molecular weight is 326 g/mol. The fourth-order valence-corrected chi connectivity index (χ4v) is 3.00. The third-order valence-corrected chi connectivity index (χ3v) is 4.49. The second kappa shape index (κ2) is 7.29. The molecule has 1 aromatic carbocycles. The third-order valence-electron chi connectivity index (χ3n) is 4.49. The van der Waals surface area contributed by atoms with E-state index in [1.807, 2.05) is 13.0 Å². The minimum absolute atomic E-state index is 0.334. The summed E-state index contributed by atoms with van der Waals surface area (Å²) in [5, 5.41) is 10.3. The first-order valence-electron chi connectivity index (χ1n) is 8.71. The van der Waals surface area contributed by atoms with Gasteiger partial charge in [0.1, 0.15) is 17.1 Å². The molecule has 0 saturated carbocycles. The number of hydrogen-bond acceptors (Lipinski definition) is 2. The fraction of sp³-hybridized carbons (Fsp3) is 0.455. The summed E-state index contributed by atoms with van der Waals surface area (Å²) in [7, 11) is 0. The van der Waals surface area contributed by atoms with E-state index in [9.17, 15) is 5.11 Å². The van der Waals surface area contributed by atoms with Crippen LogP contribution >= 0.6 is 0 Å². The van der Waals surface area contributed by atoms with E-state index in [0.717, 1.165) is 36.1 Å². The molecule has 2 rings (SSSR count). The van der Waals surface area contributed by atoms with Crippen molar-refractivity contribution in [2.24, 2.45) is 0 Å². The molecule has 1 heterocycles. The molecule has 24 heavy (non-hydrogen) atoms. The highest BCUT2D eigenvalue weighted by molar-refractivity contribution is 5.55. The van der Waals surface area contributed by atoms with Gasteiger partial charge in [0, 0.05) is 11.1 Å². The molecule has 130 valence electrons. The minimum atomic E-state index is -0.334. The molecule has 2 nitrogen and oxygen atoms in total. The SMILES string of the molecule is CC(C)=C/C=C/C1(C)CCc2c(O)cc(C)c(CC=C(C)C)c2O1. The van der Waals surface area contributed by atoms with Gasteiger partial charge in [-0.2, -0.15) is 0 Å². The van der Waals surface area contributed by atoms with Crippen molar-refractivity contribution >= 4 is 0 Å². The number of fused-ring (bicyclic) bond motifs is 1. The molecule has 0 radical (unpaired) electrons. The van der Waals surface area contributed by atoms with Gasteiger partial charge in [-0.05, 0) is 78.5 Å². The van der Waals surface area contributed by atoms with Crippen molar-refractivity contribution in [1.82, 2.24) is 0 Å². The summed E-state index contributed by atoms with van der Waals surface area (Å²) in [4.78, 5) is 0. The highest BCUT2D eigenvalue weighted by Gasteiger charge is 2.32. The summed E-state index contributed by atoms with van der Waals surface area (Å²) >= 11 is 0. The van der Waals surface area contributed by atoms with Crippen LogP contribution in [0.2, 0.25) is 0 Å². The van der Waals surface area contributed by atoms with E-state index in [1.165, 1.54) is 16.7 Å². The summed E-state index contributed by atoms with van der Waals surface area (Å²) in [6.45, 7) is 12.5. The third kappa shape index (κ3) is 4.31.